The predicted molar refractivity (Wildman–Crippen MR) is 79.4 cm³/mol. The fourth-order valence-corrected chi connectivity index (χ4v) is 2.57. The normalized spacial score (nSPS) is 16.6. The van der Waals surface area contributed by atoms with Gasteiger partial charge in [-0.15, -0.1) is 0 Å². The minimum atomic E-state index is 0.0497. The summed E-state index contributed by atoms with van der Waals surface area (Å²) >= 11 is 5.95. The van der Waals surface area contributed by atoms with Crippen molar-refractivity contribution in [3.05, 3.63) is 58.6 Å². The Labute approximate surface area is 123 Å². The number of para-hydroxylation sites is 1. The SMILES string of the molecule is NCc1cc(Cl)ccc1OCC1Cc2ccccc2O1. The molecule has 0 saturated heterocycles. The lowest BCUT2D eigenvalue weighted by Gasteiger charge is -2.14. The lowest BCUT2D eigenvalue weighted by molar-refractivity contribution is 0.148. The molecule has 0 fully saturated rings. The quantitative estimate of drug-likeness (QED) is 0.940. The highest BCUT2D eigenvalue weighted by Crippen LogP contribution is 2.29. The summed E-state index contributed by atoms with van der Waals surface area (Å²) in [5.74, 6) is 1.73. The molecule has 4 heteroatoms. The monoisotopic (exact) mass is 289 g/mol. The summed E-state index contributed by atoms with van der Waals surface area (Å²) in [5.41, 5.74) is 7.85. The van der Waals surface area contributed by atoms with Crippen molar-refractivity contribution < 1.29 is 9.47 Å². The van der Waals surface area contributed by atoms with Crippen LogP contribution in [0.2, 0.25) is 5.02 Å². The standard InChI is InChI=1S/C16H16ClNO2/c17-13-5-6-15(12(7-13)9-18)19-10-14-8-11-3-1-2-4-16(11)20-14/h1-7,14H,8-10,18H2. The minimum absolute atomic E-state index is 0.0497. The Balaban J connectivity index is 1.64. The van der Waals surface area contributed by atoms with Gasteiger partial charge in [0.15, 0.2) is 0 Å². The molecule has 0 saturated carbocycles. The number of hydrogen-bond donors (Lipinski definition) is 1. The molecular formula is C16H16ClNO2. The van der Waals surface area contributed by atoms with E-state index in [2.05, 4.69) is 6.07 Å². The summed E-state index contributed by atoms with van der Waals surface area (Å²) in [6.07, 6.45) is 0.926. The molecule has 3 rings (SSSR count). The first-order chi connectivity index (χ1) is 9.76. The van der Waals surface area contributed by atoms with Crippen LogP contribution in [-0.4, -0.2) is 12.7 Å². The van der Waals surface area contributed by atoms with Crippen LogP contribution in [0, 0.1) is 0 Å². The Kier molecular flexibility index (Phi) is 3.81. The summed E-state index contributed by atoms with van der Waals surface area (Å²) in [5, 5.41) is 0.669. The number of ether oxygens (including phenoxy) is 2. The number of fused-ring (bicyclic) bond motifs is 1. The van der Waals surface area contributed by atoms with Crippen molar-refractivity contribution >= 4 is 11.6 Å². The van der Waals surface area contributed by atoms with Gasteiger partial charge in [-0.1, -0.05) is 29.8 Å². The lowest BCUT2D eigenvalue weighted by atomic mass is 10.1. The molecule has 0 spiro atoms. The second-order valence-electron chi connectivity index (χ2n) is 4.82. The highest BCUT2D eigenvalue weighted by atomic mass is 35.5. The second kappa shape index (κ2) is 5.73. The van der Waals surface area contributed by atoms with Gasteiger partial charge < -0.3 is 15.2 Å². The third kappa shape index (κ3) is 2.74. The van der Waals surface area contributed by atoms with E-state index < -0.39 is 0 Å². The zero-order chi connectivity index (χ0) is 13.9. The van der Waals surface area contributed by atoms with Crippen LogP contribution < -0.4 is 15.2 Å². The molecular weight excluding hydrogens is 274 g/mol. The summed E-state index contributed by atoms with van der Waals surface area (Å²) in [4.78, 5) is 0. The second-order valence-corrected chi connectivity index (χ2v) is 5.26. The third-order valence-corrected chi connectivity index (χ3v) is 3.62. The van der Waals surface area contributed by atoms with Crippen molar-refractivity contribution in [1.29, 1.82) is 0 Å². The van der Waals surface area contributed by atoms with Crippen LogP contribution in [0.4, 0.5) is 0 Å². The molecule has 1 aliphatic rings. The van der Waals surface area contributed by atoms with Gasteiger partial charge in [0.25, 0.3) is 0 Å². The Morgan fingerprint density at radius 2 is 2.10 bits per heavy atom. The average molecular weight is 290 g/mol. The van der Waals surface area contributed by atoms with Gasteiger partial charge in [-0.05, 0) is 29.8 Å². The summed E-state index contributed by atoms with van der Waals surface area (Å²) in [6, 6.07) is 13.6. The van der Waals surface area contributed by atoms with Crippen molar-refractivity contribution in [2.75, 3.05) is 6.61 Å². The Morgan fingerprint density at radius 3 is 2.90 bits per heavy atom. The molecule has 1 heterocycles. The average Bonchev–Trinajstić information content (AvgIpc) is 2.88. The van der Waals surface area contributed by atoms with Crippen molar-refractivity contribution in [3.63, 3.8) is 0 Å². The summed E-state index contributed by atoms with van der Waals surface area (Å²) in [7, 11) is 0. The molecule has 3 nitrogen and oxygen atoms in total. The van der Waals surface area contributed by atoms with Gasteiger partial charge >= 0.3 is 0 Å². The van der Waals surface area contributed by atoms with E-state index in [4.69, 9.17) is 26.8 Å². The molecule has 20 heavy (non-hydrogen) atoms. The Morgan fingerprint density at radius 1 is 1.25 bits per heavy atom. The first-order valence-electron chi connectivity index (χ1n) is 6.62. The number of benzene rings is 2. The maximum atomic E-state index is 5.95. The van der Waals surface area contributed by atoms with E-state index >= 15 is 0 Å². The molecule has 0 radical (unpaired) electrons. The van der Waals surface area contributed by atoms with Crippen molar-refractivity contribution in [3.8, 4) is 11.5 Å². The molecule has 104 valence electrons. The number of halogens is 1. The molecule has 1 aliphatic heterocycles. The van der Waals surface area contributed by atoms with Crippen LogP contribution in [0.25, 0.3) is 0 Å². The molecule has 1 unspecified atom stereocenters. The van der Waals surface area contributed by atoms with Gasteiger partial charge in [0, 0.05) is 23.6 Å². The fraction of sp³-hybridized carbons (Fsp3) is 0.250. The van der Waals surface area contributed by atoms with Gasteiger partial charge in [0.2, 0.25) is 0 Å². The number of rotatable bonds is 4. The first kappa shape index (κ1) is 13.3. The van der Waals surface area contributed by atoms with Gasteiger partial charge in [0.1, 0.15) is 24.2 Å². The highest BCUT2D eigenvalue weighted by Gasteiger charge is 2.23. The van der Waals surface area contributed by atoms with Gasteiger partial charge in [-0.3, -0.25) is 0 Å². The van der Waals surface area contributed by atoms with Crippen LogP contribution in [0.1, 0.15) is 11.1 Å². The van der Waals surface area contributed by atoms with E-state index in [0.29, 0.717) is 18.2 Å². The molecule has 2 aromatic rings. The molecule has 2 aromatic carbocycles. The van der Waals surface area contributed by atoms with Crippen molar-refractivity contribution in [2.45, 2.75) is 19.1 Å². The predicted octanol–water partition coefficient (Wildman–Crippen LogP) is 3.18. The van der Waals surface area contributed by atoms with Crippen molar-refractivity contribution in [1.82, 2.24) is 0 Å². The van der Waals surface area contributed by atoms with E-state index in [0.717, 1.165) is 23.5 Å². The minimum Gasteiger partial charge on any atom is -0.489 e. The van der Waals surface area contributed by atoms with E-state index in [9.17, 15) is 0 Å². The van der Waals surface area contributed by atoms with Crippen LogP contribution in [-0.2, 0) is 13.0 Å². The van der Waals surface area contributed by atoms with Crippen molar-refractivity contribution in [2.24, 2.45) is 5.73 Å². The third-order valence-electron chi connectivity index (χ3n) is 3.38. The smallest absolute Gasteiger partial charge is 0.137 e. The maximum absolute atomic E-state index is 5.95. The summed E-state index contributed by atoms with van der Waals surface area (Å²) < 4.78 is 11.7. The number of nitrogens with two attached hydrogens (primary N) is 1. The molecule has 0 amide bonds. The molecule has 2 N–H and O–H groups in total. The molecule has 0 bridgehead atoms. The van der Waals surface area contributed by atoms with Crippen LogP contribution in [0.3, 0.4) is 0 Å². The number of hydrogen-bond acceptors (Lipinski definition) is 3. The van der Waals surface area contributed by atoms with Crippen LogP contribution >= 0.6 is 11.6 Å². The van der Waals surface area contributed by atoms with Crippen LogP contribution in [0.5, 0.6) is 11.5 Å². The first-order valence-corrected chi connectivity index (χ1v) is 7.00. The zero-order valence-corrected chi connectivity index (χ0v) is 11.8. The van der Waals surface area contributed by atoms with Gasteiger partial charge in [-0.2, -0.15) is 0 Å². The maximum Gasteiger partial charge on any atom is 0.137 e. The van der Waals surface area contributed by atoms with E-state index in [1.807, 2.05) is 30.3 Å². The van der Waals surface area contributed by atoms with E-state index in [1.54, 1.807) is 6.07 Å². The Hall–Kier alpha value is -1.71. The highest BCUT2D eigenvalue weighted by molar-refractivity contribution is 6.30. The molecule has 1 atom stereocenters. The topological polar surface area (TPSA) is 44.5 Å². The molecule has 0 aromatic heterocycles. The van der Waals surface area contributed by atoms with E-state index in [1.165, 1.54) is 5.56 Å². The molecule has 0 aliphatic carbocycles. The van der Waals surface area contributed by atoms with Crippen LogP contribution in [0.15, 0.2) is 42.5 Å². The zero-order valence-electron chi connectivity index (χ0n) is 11.0. The largest absolute Gasteiger partial charge is 0.489 e. The Bertz CT molecular complexity index is 590. The summed E-state index contributed by atoms with van der Waals surface area (Å²) in [6.45, 7) is 0.908. The fourth-order valence-electron chi connectivity index (χ4n) is 2.38. The van der Waals surface area contributed by atoms with Gasteiger partial charge in [0.05, 0.1) is 0 Å². The van der Waals surface area contributed by atoms with Gasteiger partial charge in [-0.25, -0.2) is 0 Å². The van der Waals surface area contributed by atoms with E-state index in [-0.39, 0.29) is 6.10 Å². The lowest BCUT2D eigenvalue weighted by Crippen LogP contribution is -2.22.